The van der Waals surface area contributed by atoms with Gasteiger partial charge in [0.05, 0.1) is 19.3 Å². The Bertz CT molecular complexity index is 1670. The number of piperidine rings is 1. The van der Waals surface area contributed by atoms with E-state index in [2.05, 4.69) is 33.5 Å². The first-order valence-electron chi connectivity index (χ1n) is 12.8. The van der Waals surface area contributed by atoms with Crippen LogP contribution in [0.3, 0.4) is 0 Å². The molecule has 1 unspecified atom stereocenters. The molecule has 0 spiro atoms. The van der Waals surface area contributed by atoms with Crippen molar-refractivity contribution in [3.63, 3.8) is 0 Å². The van der Waals surface area contributed by atoms with Crippen LogP contribution in [0, 0.1) is 0 Å². The molecule has 3 aromatic carbocycles. The number of anilines is 1. The first kappa shape index (κ1) is 23.7. The molecule has 1 aliphatic rings. The van der Waals surface area contributed by atoms with Crippen LogP contribution >= 0.6 is 0 Å². The largest absolute Gasteiger partial charge is 0.465 e. The van der Waals surface area contributed by atoms with Gasteiger partial charge >= 0.3 is 6.09 Å². The SMILES string of the molecule is O=C(O)NC1CCCN(c2nc3cnn(Cc4cccc5ccccc45)c(=O)c3n2Cc2ccccc2)C1. The fourth-order valence-corrected chi connectivity index (χ4v) is 5.39. The number of carbonyl (C=O) groups is 1. The Labute approximate surface area is 219 Å². The summed E-state index contributed by atoms with van der Waals surface area (Å²) in [6, 6.07) is 24.0. The van der Waals surface area contributed by atoms with E-state index in [0.29, 0.717) is 36.6 Å². The maximum atomic E-state index is 13.9. The lowest BCUT2D eigenvalue weighted by atomic mass is 10.0. The third-order valence-corrected chi connectivity index (χ3v) is 7.15. The molecular formula is C29H28N6O3. The normalized spacial score (nSPS) is 15.7. The molecule has 1 amide bonds. The van der Waals surface area contributed by atoms with Gasteiger partial charge in [-0.2, -0.15) is 5.10 Å². The van der Waals surface area contributed by atoms with Crippen LogP contribution in [0.1, 0.15) is 24.0 Å². The summed E-state index contributed by atoms with van der Waals surface area (Å²) in [6.45, 7) is 2.03. The number of rotatable bonds is 6. The second-order valence-corrected chi connectivity index (χ2v) is 9.70. The molecule has 9 heteroatoms. The highest BCUT2D eigenvalue weighted by molar-refractivity contribution is 5.85. The van der Waals surface area contributed by atoms with E-state index in [9.17, 15) is 14.7 Å². The highest BCUT2D eigenvalue weighted by Crippen LogP contribution is 2.25. The summed E-state index contributed by atoms with van der Waals surface area (Å²) < 4.78 is 3.46. The van der Waals surface area contributed by atoms with Gasteiger partial charge in [0.15, 0.2) is 0 Å². The Kier molecular flexibility index (Phi) is 6.25. The predicted molar refractivity (Wildman–Crippen MR) is 147 cm³/mol. The molecule has 9 nitrogen and oxygen atoms in total. The summed E-state index contributed by atoms with van der Waals surface area (Å²) in [7, 11) is 0. The molecule has 6 rings (SSSR count). The van der Waals surface area contributed by atoms with E-state index in [0.717, 1.165) is 41.3 Å². The van der Waals surface area contributed by atoms with Crippen molar-refractivity contribution in [3.05, 3.63) is 100 Å². The van der Waals surface area contributed by atoms with Gasteiger partial charge in [0.25, 0.3) is 5.56 Å². The monoisotopic (exact) mass is 508 g/mol. The van der Waals surface area contributed by atoms with E-state index in [1.54, 1.807) is 6.20 Å². The molecular weight excluding hydrogens is 480 g/mol. The number of imidazole rings is 1. The number of benzene rings is 3. The minimum Gasteiger partial charge on any atom is -0.465 e. The molecule has 1 atom stereocenters. The van der Waals surface area contributed by atoms with Gasteiger partial charge in [-0.3, -0.25) is 4.79 Å². The molecule has 2 aromatic heterocycles. The second-order valence-electron chi connectivity index (χ2n) is 9.70. The molecule has 1 saturated heterocycles. The van der Waals surface area contributed by atoms with Crippen LogP contribution < -0.4 is 15.8 Å². The Morgan fingerprint density at radius 1 is 1.00 bits per heavy atom. The van der Waals surface area contributed by atoms with Crippen molar-refractivity contribution in [2.75, 3.05) is 18.0 Å². The zero-order valence-electron chi connectivity index (χ0n) is 20.8. The quantitative estimate of drug-likeness (QED) is 0.358. The Balaban J connectivity index is 1.44. The maximum absolute atomic E-state index is 13.9. The smallest absolute Gasteiger partial charge is 0.404 e. The van der Waals surface area contributed by atoms with E-state index < -0.39 is 6.09 Å². The molecule has 5 aromatic rings. The van der Waals surface area contributed by atoms with Crippen LogP contribution in [0.5, 0.6) is 0 Å². The Morgan fingerprint density at radius 2 is 1.79 bits per heavy atom. The van der Waals surface area contributed by atoms with Gasteiger partial charge in [0, 0.05) is 19.1 Å². The van der Waals surface area contributed by atoms with E-state index in [1.165, 1.54) is 4.68 Å². The number of fused-ring (bicyclic) bond motifs is 2. The molecule has 2 N–H and O–H groups in total. The number of hydrogen-bond donors (Lipinski definition) is 2. The first-order valence-corrected chi connectivity index (χ1v) is 12.8. The van der Waals surface area contributed by atoms with Gasteiger partial charge in [-0.25, -0.2) is 14.5 Å². The Hall–Kier alpha value is -4.66. The maximum Gasteiger partial charge on any atom is 0.404 e. The van der Waals surface area contributed by atoms with Crippen LogP contribution in [-0.2, 0) is 13.1 Å². The lowest BCUT2D eigenvalue weighted by Crippen LogP contribution is -2.48. The zero-order valence-corrected chi connectivity index (χ0v) is 20.8. The third-order valence-electron chi connectivity index (χ3n) is 7.15. The fourth-order valence-electron chi connectivity index (χ4n) is 5.39. The Morgan fingerprint density at radius 3 is 2.63 bits per heavy atom. The fraction of sp³-hybridized carbons (Fsp3) is 0.241. The number of hydrogen-bond acceptors (Lipinski definition) is 5. The minimum atomic E-state index is -1.03. The van der Waals surface area contributed by atoms with Crippen molar-refractivity contribution in [3.8, 4) is 0 Å². The summed E-state index contributed by atoms with van der Waals surface area (Å²) in [6.07, 6.45) is 2.21. The first-order chi connectivity index (χ1) is 18.6. The van der Waals surface area contributed by atoms with Crippen molar-refractivity contribution >= 4 is 33.8 Å². The number of aromatic nitrogens is 4. The second kappa shape index (κ2) is 10.0. The average molecular weight is 509 g/mol. The van der Waals surface area contributed by atoms with Crippen LogP contribution in [0.25, 0.3) is 21.8 Å². The van der Waals surface area contributed by atoms with Crippen molar-refractivity contribution in [2.45, 2.75) is 32.0 Å². The van der Waals surface area contributed by atoms with Crippen molar-refractivity contribution < 1.29 is 9.90 Å². The van der Waals surface area contributed by atoms with Crippen LogP contribution in [0.2, 0.25) is 0 Å². The summed E-state index contributed by atoms with van der Waals surface area (Å²) in [4.78, 5) is 32.1. The lowest BCUT2D eigenvalue weighted by molar-refractivity contribution is 0.188. The van der Waals surface area contributed by atoms with E-state index in [-0.39, 0.29) is 11.6 Å². The van der Waals surface area contributed by atoms with Crippen molar-refractivity contribution in [2.24, 2.45) is 0 Å². The molecule has 0 bridgehead atoms. The van der Waals surface area contributed by atoms with E-state index in [1.807, 2.05) is 59.2 Å². The molecule has 0 aliphatic carbocycles. The number of amides is 1. The highest BCUT2D eigenvalue weighted by atomic mass is 16.4. The minimum absolute atomic E-state index is 0.201. The summed E-state index contributed by atoms with van der Waals surface area (Å²) in [5.41, 5.74) is 2.88. The summed E-state index contributed by atoms with van der Waals surface area (Å²) in [5, 5.41) is 18.5. The van der Waals surface area contributed by atoms with Gasteiger partial charge in [-0.1, -0.05) is 72.8 Å². The summed E-state index contributed by atoms with van der Waals surface area (Å²) in [5.74, 6) is 0.655. The summed E-state index contributed by atoms with van der Waals surface area (Å²) >= 11 is 0. The number of carboxylic acid groups (broad SMARTS) is 1. The molecule has 192 valence electrons. The molecule has 1 fully saturated rings. The molecule has 3 heterocycles. The lowest BCUT2D eigenvalue weighted by Gasteiger charge is -2.33. The average Bonchev–Trinajstić information content (AvgIpc) is 3.30. The van der Waals surface area contributed by atoms with Gasteiger partial charge in [0.1, 0.15) is 11.0 Å². The van der Waals surface area contributed by atoms with Gasteiger partial charge in [-0.15, -0.1) is 0 Å². The van der Waals surface area contributed by atoms with Crippen LogP contribution in [0.4, 0.5) is 10.7 Å². The molecule has 1 aliphatic heterocycles. The highest BCUT2D eigenvalue weighted by Gasteiger charge is 2.27. The third kappa shape index (κ3) is 4.58. The predicted octanol–water partition coefficient (Wildman–Crippen LogP) is 4.08. The van der Waals surface area contributed by atoms with Crippen molar-refractivity contribution in [1.29, 1.82) is 0 Å². The van der Waals surface area contributed by atoms with Gasteiger partial charge in [-0.05, 0) is 34.7 Å². The van der Waals surface area contributed by atoms with Crippen LogP contribution in [0.15, 0.2) is 83.8 Å². The number of nitrogens with zero attached hydrogens (tertiary/aromatic N) is 5. The topological polar surface area (TPSA) is 105 Å². The zero-order chi connectivity index (χ0) is 26.1. The van der Waals surface area contributed by atoms with E-state index >= 15 is 0 Å². The standard InChI is InChI=1S/C29H28N6O3/c36-27-26-25(16-30-35(27)18-22-12-6-11-21-10-4-5-14-24(21)22)32-28(34(26)17-20-8-2-1-3-9-20)33-15-7-13-23(19-33)31-29(37)38/h1-6,8-12,14,16,23,31H,7,13,15,17-19H2,(H,37,38). The number of nitrogens with one attached hydrogen (secondary N) is 1. The molecule has 0 saturated carbocycles. The molecule has 0 radical (unpaired) electrons. The van der Waals surface area contributed by atoms with Crippen molar-refractivity contribution in [1.82, 2.24) is 24.6 Å². The van der Waals surface area contributed by atoms with Crippen LogP contribution in [-0.4, -0.2) is 49.7 Å². The van der Waals surface area contributed by atoms with Gasteiger partial charge < -0.3 is 19.9 Å². The molecule has 38 heavy (non-hydrogen) atoms. The van der Waals surface area contributed by atoms with E-state index in [4.69, 9.17) is 4.98 Å². The van der Waals surface area contributed by atoms with Gasteiger partial charge in [0.2, 0.25) is 5.95 Å².